The first-order valence-corrected chi connectivity index (χ1v) is 4.22. The maximum Gasteiger partial charge on any atom is 0.307 e. The van der Waals surface area contributed by atoms with Crippen molar-refractivity contribution in [3.8, 4) is 0 Å². The van der Waals surface area contributed by atoms with Crippen molar-refractivity contribution >= 4 is 5.97 Å². The molecule has 0 aliphatic heterocycles. The first-order chi connectivity index (χ1) is 6.65. The predicted molar refractivity (Wildman–Crippen MR) is 50.0 cm³/mol. The number of methoxy groups -OCH3 is 1. The lowest BCUT2D eigenvalue weighted by Crippen LogP contribution is -2.17. The number of ether oxygens (including phenoxy) is 1. The molecule has 0 unspecified atom stereocenters. The van der Waals surface area contributed by atoms with Crippen molar-refractivity contribution in [3.05, 3.63) is 35.6 Å². The van der Waals surface area contributed by atoms with Crippen LogP contribution in [0, 0.1) is 5.82 Å². The van der Waals surface area contributed by atoms with E-state index in [1.165, 1.54) is 13.2 Å². The Morgan fingerprint density at radius 1 is 1.57 bits per heavy atom. The fraction of sp³-hybridized carbons (Fsp3) is 0.300. The Kier molecular flexibility index (Phi) is 3.59. The molecule has 0 bridgehead atoms. The second-order valence-electron chi connectivity index (χ2n) is 2.91. The lowest BCUT2D eigenvalue weighted by molar-refractivity contribution is -0.141. The van der Waals surface area contributed by atoms with Crippen molar-refractivity contribution in [2.24, 2.45) is 5.73 Å². The molecule has 1 rings (SSSR count). The smallest absolute Gasteiger partial charge is 0.307 e. The van der Waals surface area contributed by atoms with E-state index < -0.39 is 17.8 Å². The van der Waals surface area contributed by atoms with Crippen molar-refractivity contribution < 1.29 is 13.9 Å². The van der Waals surface area contributed by atoms with Gasteiger partial charge in [-0.05, 0) is 6.07 Å². The van der Waals surface area contributed by atoms with Gasteiger partial charge >= 0.3 is 5.97 Å². The van der Waals surface area contributed by atoms with Crippen LogP contribution in [0.4, 0.5) is 4.39 Å². The van der Waals surface area contributed by atoms with E-state index in [1.807, 2.05) is 0 Å². The molecule has 0 saturated carbocycles. The van der Waals surface area contributed by atoms with E-state index in [0.717, 1.165) is 0 Å². The number of hydrogen-bond donors (Lipinski definition) is 1. The number of carbonyl (C=O) groups excluding carboxylic acids is 1. The van der Waals surface area contributed by atoms with Gasteiger partial charge < -0.3 is 10.5 Å². The summed E-state index contributed by atoms with van der Waals surface area (Å²) in [5.41, 5.74) is 5.96. The fourth-order valence-corrected chi connectivity index (χ4v) is 1.15. The van der Waals surface area contributed by atoms with Crippen LogP contribution in [-0.4, -0.2) is 13.1 Å². The number of nitrogens with two attached hydrogens (primary N) is 1. The minimum absolute atomic E-state index is 0.0164. The Morgan fingerprint density at radius 2 is 2.21 bits per heavy atom. The first-order valence-electron chi connectivity index (χ1n) is 4.22. The van der Waals surface area contributed by atoms with Crippen molar-refractivity contribution in [2.45, 2.75) is 12.5 Å². The normalized spacial score (nSPS) is 12.2. The lowest BCUT2D eigenvalue weighted by Gasteiger charge is -2.10. The molecule has 0 aliphatic carbocycles. The number of hydrogen-bond acceptors (Lipinski definition) is 3. The van der Waals surface area contributed by atoms with Gasteiger partial charge in [0.2, 0.25) is 0 Å². The van der Waals surface area contributed by atoms with Crippen LogP contribution < -0.4 is 5.73 Å². The highest BCUT2D eigenvalue weighted by Crippen LogP contribution is 2.17. The lowest BCUT2D eigenvalue weighted by atomic mass is 10.0. The largest absolute Gasteiger partial charge is 0.469 e. The number of halogens is 1. The number of rotatable bonds is 3. The van der Waals surface area contributed by atoms with Crippen LogP contribution in [0.3, 0.4) is 0 Å². The third kappa shape index (κ3) is 2.53. The van der Waals surface area contributed by atoms with Gasteiger partial charge in [-0.2, -0.15) is 0 Å². The monoisotopic (exact) mass is 197 g/mol. The zero-order valence-corrected chi connectivity index (χ0v) is 7.87. The van der Waals surface area contributed by atoms with Crippen LogP contribution in [-0.2, 0) is 9.53 Å². The molecule has 0 amide bonds. The molecule has 4 heteroatoms. The standard InChI is InChI=1S/C10H12FNO2/c1-14-10(13)6-9(12)7-4-2-3-5-8(7)11/h2-5,9H,6,12H2,1H3/t9-/m1/s1. The van der Waals surface area contributed by atoms with Crippen molar-refractivity contribution in [1.29, 1.82) is 0 Å². The van der Waals surface area contributed by atoms with Crippen LogP contribution in [0.15, 0.2) is 24.3 Å². The molecule has 1 aromatic carbocycles. The molecule has 0 fully saturated rings. The summed E-state index contributed by atoms with van der Waals surface area (Å²) in [7, 11) is 1.27. The molecule has 1 atom stereocenters. The second-order valence-corrected chi connectivity index (χ2v) is 2.91. The third-order valence-corrected chi connectivity index (χ3v) is 1.92. The summed E-state index contributed by atoms with van der Waals surface area (Å²) in [6.45, 7) is 0. The van der Waals surface area contributed by atoms with Crippen LogP contribution in [0.5, 0.6) is 0 Å². The Balaban J connectivity index is 2.74. The fourth-order valence-electron chi connectivity index (χ4n) is 1.15. The molecule has 0 saturated heterocycles. The summed E-state index contributed by atoms with van der Waals surface area (Å²) in [6.07, 6.45) is -0.0164. The number of esters is 1. The zero-order valence-electron chi connectivity index (χ0n) is 7.87. The first kappa shape index (κ1) is 10.7. The van der Waals surface area contributed by atoms with E-state index in [4.69, 9.17) is 5.73 Å². The highest BCUT2D eigenvalue weighted by atomic mass is 19.1. The quantitative estimate of drug-likeness (QED) is 0.745. The number of benzene rings is 1. The van der Waals surface area contributed by atoms with Crippen LogP contribution >= 0.6 is 0 Å². The van der Waals surface area contributed by atoms with Crippen molar-refractivity contribution in [3.63, 3.8) is 0 Å². The molecule has 0 heterocycles. The van der Waals surface area contributed by atoms with E-state index in [-0.39, 0.29) is 6.42 Å². The average Bonchev–Trinajstić information content (AvgIpc) is 2.18. The Bertz CT molecular complexity index is 328. The molecule has 14 heavy (non-hydrogen) atoms. The van der Waals surface area contributed by atoms with Gasteiger partial charge in [-0.3, -0.25) is 4.79 Å². The van der Waals surface area contributed by atoms with Gasteiger partial charge in [0.1, 0.15) is 5.82 Å². The molecule has 1 aromatic rings. The number of carbonyl (C=O) groups is 1. The third-order valence-electron chi connectivity index (χ3n) is 1.92. The summed E-state index contributed by atoms with van der Waals surface area (Å²) >= 11 is 0. The summed E-state index contributed by atoms with van der Waals surface area (Å²) in [5.74, 6) is -0.843. The molecule has 0 aliphatic rings. The van der Waals surface area contributed by atoms with Crippen LogP contribution in [0.25, 0.3) is 0 Å². The minimum Gasteiger partial charge on any atom is -0.469 e. The molecular weight excluding hydrogens is 185 g/mol. The van der Waals surface area contributed by atoms with Crippen molar-refractivity contribution in [2.75, 3.05) is 7.11 Å². The minimum atomic E-state index is -0.649. The van der Waals surface area contributed by atoms with Crippen LogP contribution in [0.2, 0.25) is 0 Å². The van der Waals surface area contributed by atoms with Gasteiger partial charge in [0, 0.05) is 11.6 Å². The van der Waals surface area contributed by atoms with E-state index in [9.17, 15) is 9.18 Å². The van der Waals surface area contributed by atoms with Gasteiger partial charge in [0.15, 0.2) is 0 Å². The highest BCUT2D eigenvalue weighted by molar-refractivity contribution is 5.70. The summed E-state index contributed by atoms with van der Waals surface area (Å²) in [4.78, 5) is 10.9. The average molecular weight is 197 g/mol. The maximum atomic E-state index is 13.2. The van der Waals surface area contributed by atoms with E-state index >= 15 is 0 Å². The molecule has 2 N–H and O–H groups in total. The van der Waals surface area contributed by atoms with E-state index in [1.54, 1.807) is 18.2 Å². The van der Waals surface area contributed by atoms with Gasteiger partial charge in [0.05, 0.1) is 13.5 Å². The van der Waals surface area contributed by atoms with Crippen molar-refractivity contribution in [1.82, 2.24) is 0 Å². The van der Waals surface area contributed by atoms with Gasteiger partial charge in [-0.1, -0.05) is 18.2 Å². The molecular formula is C10H12FNO2. The molecule has 0 spiro atoms. The van der Waals surface area contributed by atoms with E-state index in [0.29, 0.717) is 5.56 Å². The summed E-state index contributed by atoms with van der Waals surface area (Å²) < 4.78 is 17.6. The van der Waals surface area contributed by atoms with Gasteiger partial charge in [-0.15, -0.1) is 0 Å². The second kappa shape index (κ2) is 4.72. The highest BCUT2D eigenvalue weighted by Gasteiger charge is 2.14. The summed E-state index contributed by atoms with van der Waals surface area (Å²) in [5, 5.41) is 0. The molecule has 3 nitrogen and oxygen atoms in total. The summed E-state index contributed by atoms with van der Waals surface area (Å²) in [6, 6.07) is 5.47. The SMILES string of the molecule is COC(=O)C[C@@H](N)c1ccccc1F. The van der Waals surface area contributed by atoms with Crippen LogP contribution in [0.1, 0.15) is 18.0 Å². The Morgan fingerprint density at radius 3 is 2.79 bits per heavy atom. The predicted octanol–water partition coefficient (Wildman–Crippen LogP) is 1.39. The van der Waals surface area contributed by atoms with Gasteiger partial charge in [0.25, 0.3) is 0 Å². The topological polar surface area (TPSA) is 52.3 Å². The maximum absolute atomic E-state index is 13.2. The molecule has 76 valence electrons. The zero-order chi connectivity index (χ0) is 10.6. The van der Waals surface area contributed by atoms with Gasteiger partial charge in [-0.25, -0.2) is 4.39 Å². The Hall–Kier alpha value is -1.42. The Labute approximate surface area is 81.7 Å². The molecule has 0 radical (unpaired) electrons. The van der Waals surface area contributed by atoms with E-state index in [2.05, 4.69) is 4.74 Å². The molecule has 0 aromatic heterocycles.